The highest BCUT2D eigenvalue weighted by Gasteiger charge is 2.10. The number of aromatic nitrogens is 3. The van der Waals surface area contributed by atoms with Crippen LogP contribution in [0.5, 0.6) is 6.01 Å². The van der Waals surface area contributed by atoms with Crippen molar-refractivity contribution in [1.82, 2.24) is 15.0 Å². The predicted octanol–water partition coefficient (Wildman–Crippen LogP) is 3.52. The average Bonchev–Trinajstić information content (AvgIpc) is 2.89. The van der Waals surface area contributed by atoms with Gasteiger partial charge < -0.3 is 10.1 Å². The average molecular weight is 292 g/mol. The highest BCUT2D eigenvalue weighted by Crippen LogP contribution is 2.26. The van der Waals surface area contributed by atoms with Crippen molar-refractivity contribution in [2.24, 2.45) is 0 Å². The van der Waals surface area contributed by atoms with E-state index < -0.39 is 0 Å². The van der Waals surface area contributed by atoms with Crippen LogP contribution in [-0.4, -0.2) is 28.1 Å². The van der Waals surface area contributed by atoms with Gasteiger partial charge in [0.15, 0.2) is 5.82 Å². The molecule has 0 aliphatic heterocycles. The molecular weight excluding hydrogens is 272 g/mol. The van der Waals surface area contributed by atoms with Crippen molar-refractivity contribution in [1.29, 1.82) is 0 Å². The highest BCUT2D eigenvalue weighted by molar-refractivity contribution is 7.15. The summed E-state index contributed by atoms with van der Waals surface area (Å²) in [4.78, 5) is 15.4. The summed E-state index contributed by atoms with van der Waals surface area (Å²) in [6, 6.07) is 4.49. The Labute approximate surface area is 123 Å². The molecule has 0 aliphatic carbocycles. The predicted molar refractivity (Wildman–Crippen MR) is 82.4 cm³/mol. The van der Waals surface area contributed by atoms with E-state index in [9.17, 15) is 0 Å². The van der Waals surface area contributed by atoms with Gasteiger partial charge in [-0.2, -0.15) is 15.0 Å². The lowest BCUT2D eigenvalue weighted by atomic mass is 10.4. The lowest BCUT2D eigenvalue weighted by Crippen LogP contribution is -2.09. The molecule has 0 aromatic carbocycles. The van der Waals surface area contributed by atoms with Gasteiger partial charge >= 0.3 is 6.01 Å². The molecule has 0 amide bonds. The smallest absolute Gasteiger partial charge is 0.321 e. The molecule has 5 nitrogen and oxygen atoms in total. The molecule has 0 radical (unpaired) electrons. The zero-order chi connectivity index (χ0) is 14.4. The number of hydrogen-bond acceptors (Lipinski definition) is 6. The third-order valence-corrected chi connectivity index (χ3v) is 3.54. The lowest BCUT2D eigenvalue weighted by molar-refractivity contribution is 0.292. The fourth-order valence-electron chi connectivity index (χ4n) is 1.60. The Hall–Kier alpha value is -1.69. The van der Waals surface area contributed by atoms with Crippen molar-refractivity contribution in [2.45, 2.75) is 33.6 Å². The number of hydrogen-bond donors (Lipinski definition) is 1. The molecule has 0 aliphatic rings. The van der Waals surface area contributed by atoms with E-state index in [0.29, 0.717) is 24.4 Å². The van der Waals surface area contributed by atoms with Crippen molar-refractivity contribution in [3.8, 4) is 16.7 Å². The zero-order valence-corrected chi connectivity index (χ0v) is 13.0. The van der Waals surface area contributed by atoms with Crippen LogP contribution in [0.1, 0.15) is 31.6 Å². The molecule has 2 heterocycles. The highest BCUT2D eigenvalue weighted by atomic mass is 32.1. The molecule has 0 atom stereocenters. The third kappa shape index (κ3) is 3.90. The Bertz CT molecular complexity index is 530. The van der Waals surface area contributed by atoms with Crippen LogP contribution in [0.25, 0.3) is 10.7 Å². The molecule has 6 heteroatoms. The fraction of sp³-hybridized carbons (Fsp3) is 0.500. The van der Waals surface area contributed by atoms with Crippen LogP contribution in [0.2, 0.25) is 0 Å². The quantitative estimate of drug-likeness (QED) is 0.846. The maximum Gasteiger partial charge on any atom is 0.321 e. The second-order valence-electron chi connectivity index (χ2n) is 4.45. The number of aryl methyl sites for hydroxylation is 1. The van der Waals surface area contributed by atoms with E-state index in [1.807, 2.05) is 6.07 Å². The van der Waals surface area contributed by atoms with Crippen LogP contribution in [0.4, 0.5) is 5.95 Å². The van der Waals surface area contributed by atoms with E-state index in [0.717, 1.165) is 24.3 Å². The van der Waals surface area contributed by atoms with E-state index in [4.69, 9.17) is 4.74 Å². The molecule has 0 bridgehead atoms. The Balaban J connectivity index is 2.29. The van der Waals surface area contributed by atoms with Crippen LogP contribution < -0.4 is 10.1 Å². The zero-order valence-electron chi connectivity index (χ0n) is 12.1. The Morgan fingerprint density at radius 3 is 2.65 bits per heavy atom. The standard InChI is InChI=1S/C14H20N4OS/c1-4-8-15-13-16-12(11-7-6-10(3)20-11)17-14(18-13)19-9-5-2/h6-7H,4-5,8-9H2,1-3H3,(H,15,16,17,18). The first-order valence-corrected chi connectivity index (χ1v) is 7.74. The van der Waals surface area contributed by atoms with Gasteiger partial charge in [-0.25, -0.2) is 0 Å². The number of rotatable bonds is 7. The summed E-state index contributed by atoms with van der Waals surface area (Å²) in [7, 11) is 0. The number of ether oxygens (including phenoxy) is 1. The van der Waals surface area contributed by atoms with Gasteiger partial charge in [0.25, 0.3) is 0 Å². The van der Waals surface area contributed by atoms with Gasteiger partial charge in [-0.1, -0.05) is 13.8 Å². The second-order valence-corrected chi connectivity index (χ2v) is 5.74. The maximum atomic E-state index is 5.55. The number of nitrogens with zero attached hydrogens (tertiary/aromatic N) is 3. The van der Waals surface area contributed by atoms with Gasteiger partial charge in [0.2, 0.25) is 5.95 Å². The van der Waals surface area contributed by atoms with Gasteiger partial charge in [-0.15, -0.1) is 11.3 Å². The molecule has 0 fully saturated rings. The second kappa shape index (κ2) is 7.19. The van der Waals surface area contributed by atoms with Crippen LogP contribution in [-0.2, 0) is 0 Å². The molecule has 0 spiro atoms. The summed E-state index contributed by atoms with van der Waals surface area (Å²) in [5.41, 5.74) is 0. The first-order chi connectivity index (χ1) is 9.72. The van der Waals surface area contributed by atoms with E-state index in [-0.39, 0.29) is 0 Å². The minimum absolute atomic E-state index is 0.390. The summed E-state index contributed by atoms with van der Waals surface area (Å²) >= 11 is 1.67. The monoisotopic (exact) mass is 292 g/mol. The fourth-order valence-corrected chi connectivity index (χ4v) is 2.40. The Kier molecular flexibility index (Phi) is 5.29. The molecule has 2 aromatic heterocycles. The lowest BCUT2D eigenvalue weighted by Gasteiger charge is -2.08. The van der Waals surface area contributed by atoms with E-state index in [2.05, 4.69) is 47.1 Å². The molecule has 2 aromatic rings. The molecule has 0 saturated heterocycles. The van der Waals surface area contributed by atoms with Crippen molar-refractivity contribution >= 4 is 17.3 Å². The molecule has 108 valence electrons. The molecule has 0 saturated carbocycles. The molecular formula is C14H20N4OS. The summed E-state index contributed by atoms with van der Waals surface area (Å²) in [5.74, 6) is 1.25. The van der Waals surface area contributed by atoms with Crippen molar-refractivity contribution in [2.75, 3.05) is 18.5 Å². The Morgan fingerprint density at radius 2 is 2.00 bits per heavy atom. The van der Waals surface area contributed by atoms with Crippen LogP contribution in [0.15, 0.2) is 12.1 Å². The topological polar surface area (TPSA) is 59.9 Å². The summed E-state index contributed by atoms with van der Waals surface area (Å²) < 4.78 is 5.55. The molecule has 0 unspecified atom stereocenters. The third-order valence-electron chi connectivity index (χ3n) is 2.54. The number of nitrogens with one attached hydrogen (secondary N) is 1. The van der Waals surface area contributed by atoms with Crippen LogP contribution >= 0.6 is 11.3 Å². The number of anilines is 1. The maximum absolute atomic E-state index is 5.55. The minimum atomic E-state index is 0.390. The van der Waals surface area contributed by atoms with Crippen molar-refractivity contribution in [3.63, 3.8) is 0 Å². The van der Waals surface area contributed by atoms with Gasteiger partial charge in [0, 0.05) is 11.4 Å². The normalized spacial score (nSPS) is 10.6. The van der Waals surface area contributed by atoms with Gasteiger partial charge in [-0.05, 0) is 31.9 Å². The number of thiophene rings is 1. The van der Waals surface area contributed by atoms with Crippen LogP contribution in [0.3, 0.4) is 0 Å². The van der Waals surface area contributed by atoms with E-state index >= 15 is 0 Å². The first kappa shape index (κ1) is 14.7. The first-order valence-electron chi connectivity index (χ1n) is 6.92. The minimum Gasteiger partial charge on any atom is -0.463 e. The Morgan fingerprint density at radius 1 is 1.15 bits per heavy atom. The molecule has 2 rings (SSSR count). The van der Waals surface area contributed by atoms with Crippen molar-refractivity contribution < 1.29 is 4.74 Å². The summed E-state index contributed by atoms with van der Waals surface area (Å²) in [5, 5.41) is 3.19. The molecule has 1 N–H and O–H groups in total. The van der Waals surface area contributed by atoms with Gasteiger partial charge in [-0.3, -0.25) is 0 Å². The van der Waals surface area contributed by atoms with Gasteiger partial charge in [0.05, 0.1) is 11.5 Å². The summed E-state index contributed by atoms with van der Waals surface area (Å²) in [6.45, 7) is 7.67. The SMILES string of the molecule is CCCNc1nc(OCCC)nc(-c2ccc(C)s2)n1. The van der Waals surface area contributed by atoms with E-state index in [1.165, 1.54) is 4.88 Å². The summed E-state index contributed by atoms with van der Waals surface area (Å²) in [6.07, 6.45) is 1.95. The molecule has 20 heavy (non-hydrogen) atoms. The van der Waals surface area contributed by atoms with Gasteiger partial charge in [0.1, 0.15) is 0 Å². The largest absolute Gasteiger partial charge is 0.463 e. The van der Waals surface area contributed by atoms with Crippen LogP contribution in [0, 0.1) is 6.92 Å². The van der Waals surface area contributed by atoms with Crippen molar-refractivity contribution in [3.05, 3.63) is 17.0 Å². The van der Waals surface area contributed by atoms with E-state index in [1.54, 1.807) is 11.3 Å².